The molecular weight excluding hydrogens is 356 g/mol. The van der Waals surface area contributed by atoms with Crippen LogP contribution in [0.1, 0.15) is 5.82 Å². The van der Waals surface area contributed by atoms with E-state index in [0.717, 1.165) is 42.9 Å². The molecule has 9 nitrogen and oxygen atoms in total. The molecule has 1 aliphatic rings. The van der Waals surface area contributed by atoms with Crippen molar-refractivity contribution < 1.29 is 0 Å². The summed E-state index contributed by atoms with van der Waals surface area (Å²) >= 11 is 0. The number of rotatable bonds is 3. The summed E-state index contributed by atoms with van der Waals surface area (Å²) in [4.78, 5) is 25.2. The molecule has 0 atom stereocenters. The van der Waals surface area contributed by atoms with Crippen molar-refractivity contribution in [3.63, 3.8) is 0 Å². The highest BCUT2D eigenvalue weighted by atomic mass is 16.1. The van der Waals surface area contributed by atoms with Crippen molar-refractivity contribution in [1.29, 1.82) is 0 Å². The Morgan fingerprint density at radius 1 is 1.07 bits per heavy atom. The van der Waals surface area contributed by atoms with Crippen LogP contribution in [-0.4, -0.2) is 60.2 Å². The molecule has 0 spiro atoms. The number of benzene rings is 1. The Morgan fingerprint density at radius 2 is 1.93 bits per heavy atom. The Hall–Kier alpha value is -3.33. The average molecular weight is 376 g/mol. The molecule has 0 unspecified atom stereocenters. The van der Waals surface area contributed by atoms with Gasteiger partial charge in [0.2, 0.25) is 5.65 Å². The largest absolute Gasteiger partial charge is 0.369 e. The maximum Gasteiger partial charge on any atom is 0.295 e. The van der Waals surface area contributed by atoms with E-state index in [-0.39, 0.29) is 5.56 Å². The number of aromatic nitrogens is 6. The van der Waals surface area contributed by atoms with Gasteiger partial charge in [-0.3, -0.25) is 14.1 Å². The monoisotopic (exact) mass is 376 g/mol. The molecule has 28 heavy (non-hydrogen) atoms. The molecular formula is C19H20N8O. The van der Waals surface area contributed by atoms with Crippen LogP contribution < -0.4 is 10.5 Å². The van der Waals surface area contributed by atoms with Crippen molar-refractivity contribution in [1.82, 2.24) is 34.0 Å². The standard InChI is InChI=1S/C19H20N8O/c1-24-4-9-27-17(22-23-18(27)19(24)28)12-25-5-7-26(8-6-25)15-2-3-16-14(10-15)11-20-13-21-16/h2-4,9-11,13H,5-8,12H2,1H3. The second kappa shape index (κ2) is 6.68. The molecule has 4 heterocycles. The Morgan fingerprint density at radius 3 is 2.79 bits per heavy atom. The van der Waals surface area contributed by atoms with Gasteiger partial charge in [0.1, 0.15) is 6.33 Å². The summed E-state index contributed by atoms with van der Waals surface area (Å²) in [5.41, 5.74) is 2.39. The minimum Gasteiger partial charge on any atom is -0.369 e. The molecule has 0 aliphatic carbocycles. The number of hydrogen-bond donors (Lipinski definition) is 0. The lowest BCUT2D eigenvalue weighted by Crippen LogP contribution is -2.46. The van der Waals surface area contributed by atoms with Crippen LogP contribution in [0.3, 0.4) is 0 Å². The quantitative estimate of drug-likeness (QED) is 0.520. The van der Waals surface area contributed by atoms with Gasteiger partial charge in [0.25, 0.3) is 5.56 Å². The van der Waals surface area contributed by atoms with E-state index in [0.29, 0.717) is 12.2 Å². The summed E-state index contributed by atoms with van der Waals surface area (Å²) in [6, 6.07) is 6.31. The molecule has 3 aromatic heterocycles. The van der Waals surface area contributed by atoms with Gasteiger partial charge in [-0.25, -0.2) is 9.97 Å². The first-order chi connectivity index (χ1) is 13.7. The normalized spacial score (nSPS) is 15.5. The number of piperazine rings is 1. The van der Waals surface area contributed by atoms with E-state index in [9.17, 15) is 4.79 Å². The summed E-state index contributed by atoms with van der Waals surface area (Å²) < 4.78 is 3.30. The Balaban J connectivity index is 1.29. The number of fused-ring (bicyclic) bond motifs is 2. The van der Waals surface area contributed by atoms with Crippen molar-refractivity contribution in [3.05, 3.63) is 59.3 Å². The first-order valence-corrected chi connectivity index (χ1v) is 9.25. The molecule has 142 valence electrons. The second-order valence-electron chi connectivity index (χ2n) is 7.05. The van der Waals surface area contributed by atoms with Crippen LogP contribution in [0.5, 0.6) is 0 Å². The fourth-order valence-corrected chi connectivity index (χ4v) is 3.66. The van der Waals surface area contributed by atoms with Gasteiger partial charge in [-0.15, -0.1) is 10.2 Å². The maximum absolute atomic E-state index is 12.1. The number of hydrogen-bond acceptors (Lipinski definition) is 7. The smallest absolute Gasteiger partial charge is 0.295 e. The molecule has 5 rings (SSSR count). The third-order valence-electron chi connectivity index (χ3n) is 5.31. The highest BCUT2D eigenvalue weighted by Crippen LogP contribution is 2.21. The van der Waals surface area contributed by atoms with Gasteiger partial charge >= 0.3 is 0 Å². The molecule has 4 aromatic rings. The highest BCUT2D eigenvalue weighted by molar-refractivity contribution is 5.81. The van der Waals surface area contributed by atoms with Crippen LogP contribution in [0.2, 0.25) is 0 Å². The molecule has 1 aliphatic heterocycles. The molecule has 1 fully saturated rings. The van der Waals surface area contributed by atoms with Crippen LogP contribution in [0, 0.1) is 0 Å². The van der Waals surface area contributed by atoms with E-state index in [1.165, 1.54) is 10.3 Å². The zero-order valence-electron chi connectivity index (χ0n) is 15.6. The zero-order chi connectivity index (χ0) is 19.1. The van der Waals surface area contributed by atoms with E-state index in [1.807, 2.05) is 18.5 Å². The summed E-state index contributed by atoms with van der Waals surface area (Å²) in [5.74, 6) is 0.795. The first kappa shape index (κ1) is 16.8. The van der Waals surface area contributed by atoms with Gasteiger partial charge in [0, 0.05) is 62.9 Å². The lowest BCUT2D eigenvalue weighted by Gasteiger charge is -2.35. The van der Waals surface area contributed by atoms with Crippen molar-refractivity contribution >= 4 is 22.2 Å². The highest BCUT2D eigenvalue weighted by Gasteiger charge is 2.20. The van der Waals surface area contributed by atoms with E-state index in [4.69, 9.17) is 0 Å². The van der Waals surface area contributed by atoms with Gasteiger partial charge in [0.05, 0.1) is 12.1 Å². The molecule has 1 aromatic carbocycles. The third kappa shape index (κ3) is 2.89. The number of nitrogens with zero attached hydrogens (tertiary/aromatic N) is 8. The van der Waals surface area contributed by atoms with Crippen molar-refractivity contribution in [3.8, 4) is 0 Å². The van der Waals surface area contributed by atoms with Crippen molar-refractivity contribution in [2.24, 2.45) is 7.05 Å². The van der Waals surface area contributed by atoms with E-state index in [2.05, 4.69) is 42.1 Å². The molecule has 0 saturated carbocycles. The topological polar surface area (TPSA) is 84.4 Å². The minimum absolute atomic E-state index is 0.133. The fourth-order valence-electron chi connectivity index (χ4n) is 3.66. The average Bonchev–Trinajstić information content (AvgIpc) is 3.14. The van der Waals surface area contributed by atoms with Crippen LogP contribution in [0.15, 0.2) is 47.9 Å². The van der Waals surface area contributed by atoms with Crippen molar-refractivity contribution in [2.45, 2.75) is 6.54 Å². The predicted molar refractivity (Wildman–Crippen MR) is 105 cm³/mol. The summed E-state index contributed by atoms with van der Waals surface area (Å²) in [5, 5.41) is 9.35. The zero-order valence-corrected chi connectivity index (χ0v) is 15.6. The molecule has 0 amide bonds. The maximum atomic E-state index is 12.1. The predicted octanol–water partition coefficient (Wildman–Crippen LogP) is 0.693. The SMILES string of the molecule is Cn1ccn2c(CN3CCN(c4ccc5ncncc5c4)CC3)nnc2c1=O. The lowest BCUT2D eigenvalue weighted by molar-refractivity contribution is 0.243. The fraction of sp³-hybridized carbons (Fsp3) is 0.316. The van der Waals surface area contributed by atoms with Gasteiger partial charge in [0.15, 0.2) is 5.82 Å². The van der Waals surface area contributed by atoms with Gasteiger partial charge in [-0.2, -0.15) is 0 Å². The molecule has 9 heteroatoms. The van der Waals surface area contributed by atoms with Gasteiger partial charge in [-0.05, 0) is 18.2 Å². The Kier molecular flexibility index (Phi) is 4.01. The molecule has 0 bridgehead atoms. The van der Waals surface area contributed by atoms with Crippen LogP contribution in [0.4, 0.5) is 5.69 Å². The number of aryl methyl sites for hydroxylation is 1. The van der Waals surface area contributed by atoms with E-state index < -0.39 is 0 Å². The van der Waals surface area contributed by atoms with Gasteiger partial charge < -0.3 is 9.47 Å². The van der Waals surface area contributed by atoms with Crippen molar-refractivity contribution in [2.75, 3.05) is 31.1 Å². The third-order valence-corrected chi connectivity index (χ3v) is 5.31. The Bertz CT molecular complexity index is 1210. The molecule has 1 saturated heterocycles. The van der Waals surface area contributed by atoms with Crippen LogP contribution >= 0.6 is 0 Å². The molecule has 0 N–H and O–H groups in total. The Labute approximate surface area is 160 Å². The minimum atomic E-state index is -0.133. The summed E-state index contributed by atoms with van der Waals surface area (Å²) in [6.07, 6.45) is 7.01. The summed E-state index contributed by atoms with van der Waals surface area (Å²) in [7, 11) is 1.72. The molecule has 0 radical (unpaired) electrons. The van der Waals surface area contributed by atoms with Crippen LogP contribution in [0.25, 0.3) is 16.6 Å². The second-order valence-corrected chi connectivity index (χ2v) is 7.05. The summed E-state index contributed by atoms with van der Waals surface area (Å²) in [6.45, 7) is 4.37. The van der Waals surface area contributed by atoms with Gasteiger partial charge in [-0.1, -0.05) is 0 Å². The van der Waals surface area contributed by atoms with E-state index >= 15 is 0 Å². The number of anilines is 1. The lowest BCUT2D eigenvalue weighted by atomic mass is 10.2. The van der Waals surface area contributed by atoms with E-state index in [1.54, 1.807) is 24.0 Å². The first-order valence-electron chi connectivity index (χ1n) is 9.25. The van der Waals surface area contributed by atoms with Crippen LogP contribution in [-0.2, 0) is 13.6 Å².